The SMILES string of the molecule is C=C(OC(C)(C)C)N1CCCCC1C. The fourth-order valence-electron chi connectivity index (χ4n) is 1.88. The van der Waals surface area contributed by atoms with E-state index in [1.54, 1.807) is 0 Å². The first-order valence-corrected chi connectivity index (χ1v) is 5.55. The van der Waals surface area contributed by atoms with E-state index < -0.39 is 0 Å². The summed E-state index contributed by atoms with van der Waals surface area (Å²) in [5.74, 6) is 0.838. The van der Waals surface area contributed by atoms with Crippen LogP contribution in [0.5, 0.6) is 0 Å². The first-order valence-electron chi connectivity index (χ1n) is 5.55. The first kappa shape index (κ1) is 11.4. The van der Waals surface area contributed by atoms with Gasteiger partial charge in [0.2, 0.25) is 0 Å². The Labute approximate surface area is 87.9 Å². The van der Waals surface area contributed by atoms with E-state index in [0.29, 0.717) is 6.04 Å². The summed E-state index contributed by atoms with van der Waals surface area (Å²) in [4.78, 5) is 2.29. The van der Waals surface area contributed by atoms with E-state index in [9.17, 15) is 0 Å². The van der Waals surface area contributed by atoms with Crippen molar-refractivity contribution in [1.29, 1.82) is 0 Å². The van der Waals surface area contributed by atoms with E-state index in [2.05, 4.69) is 39.2 Å². The summed E-state index contributed by atoms with van der Waals surface area (Å²) in [6.45, 7) is 13.5. The van der Waals surface area contributed by atoms with Crippen LogP contribution in [0.1, 0.15) is 47.0 Å². The Bertz CT molecular complexity index is 205. The lowest BCUT2D eigenvalue weighted by atomic mass is 10.0. The van der Waals surface area contributed by atoms with Gasteiger partial charge < -0.3 is 9.64 Å². The fourth-order valence-corrected chi connectivity index (χ4v) is 1.88. The predicted molar refractivity (Wildman–Crippen MR) is 60.0 cm³/mol. The number of piperidine rings is 1. The van der Waals surface area contributed by atoms with Gasteiger partial charge in [-0.3, -0.25) is 0 Å². The summed E-state index contributed by atoms with van der Waals surface area (Å²) in [5.41, 5.74) is -0.131. The third-order valence-corrected chi connectivity index (χ3v) is 2.55. The van der Waals surface area contributed by atoms with Crippen LogP contribution in [-0.2, 0) is 4.74 Å². The zero-order chi connectivity index (χ0) is 10.8. The highest BCUT2D eigenvalue weighted by molar-refractivity contribution is 4.91. The van der Waals surface area contributed by atoms with E-state index in [0.717, 1.165) is 12.4 Å². The summed E-state index contributed by atoms with van der Waals surface area (Å²) >= 11 is 0. The van der Waals surface area contributed by atoms with Crippen molar-refractivity contribution >= 4 is 0 Å². The average molecular weight is 197 g/mol. The molecule has 1 aliphatic heterocycles. The highest BCUT2D eigenvalue weighted by Crippen LogP contribution is 2.23. The van der Waals surface area contributed by atoms with Crippen LogP contribution >= 0.6 is 0 Å². The maximum Gasteiger partial charge on any atom is 0.182 e. The van der Waals surface area contributed by atoms with Crippen molar-refractivity contribution in [3.63, 3.8) is 0 Å². The Kier molecular flexibility index (Phi) is 3.46. The van der Waals surface area contributed by atoms with Gasteiger partial charge in [-0.15, -0.1) is 0 Å². The lowest BCUT2D eigenvalue weighted by Crippen LogP contribution is -2.39. The maximum absolute atomic E-state index is 5.78. The second-order valence-electron chi connectivity index (χ2n) is 5.15. The average Bonchev–Trinajstić information content (AvgIpc) is 2.01. The molecule has 1 heterocycles. The summed E-state index contributed by atoms with van der Waals surface area (Å²) < 4.78 is 5.78. The van der Waals surface area contributed by atoms with Gasteiger partial charge in [-0.1, -0.05) is 0 Å². The molecule has 2 nitrogen and oxygen atoms in total. The first-order chi connectivity index (χ1) is 6.40. The van der Waals surface area contributed by atoms with Crippen LogP contribution in [0.15, 0.2) is 12.5 Å². The number of hydrogen-bond donors (Lipinski definition) is 0. The molecule has 1 rings (SSSR count). The lowest BCUT2D eigenvalue weighted by Gasteiger charge is -2.38. The van der Waals surface area contributed by atoms with Gasteiger partial charge in [0.05, 0.1) is 0 Å². The normalized spacial score (nSPS) is 23.4. The van der Waals surface area contributed by atoms with Crippen molar-refractivity contribution in [1.82, 2.24) is 4.90 Å². The number of hydrogen-bond acceptors (Lipinski definition) is 2. The summed E-state index contributed by atoms with van der Waals surface area (Å²) in [6, 6.07) is 0.582. The second-order valence-corrected chi connectivity index (χ2v) is 5.15. The smallest absolute Gasteiger partial charge is 0.182 e. The molecule has 1 fully saturated rings. The van der Waals surface area contributed by atoms with Gasteiger partial charge in [-0.2, -0.15) is 0 Å². The van der Waals surface area contributed by atoms with Gasteiger partial charge in [0.25, 0.3) is 0 Å². The Balaban J connectivity index is 2.50. The largest absolute Gasteiger partial charge is 0.474 e. The third kappa shape index (κ3) is 3.24. The Morgan fingerprint density at radius 3 is 2.50 bits per heavy atom. The van der Waals surface area contributed by atoms with Gasteiger partial charge >= 0.3 is 0 Å². The van der Waals surface area contributed by atoms with Gasteiger partial charge in [0, 0.05) is 12.6 Å². The molecule has 0 aliphatic carbocycles. The molecule has 1 unspecified atom stereocenters. The van der Waals surface area contributed by atoms with E-state index in [1.807, 2.05) is 0 Å². The molecule has 0 radical (unpaired) electrons. The van der Waals surface area contributed by atoms with Crippen LogP contribution in [0.3, 0.4) is 0 Å². The van der Waals surface area contributed by atoms with Gasteiger partial charge in [0.1, 0.15) is 5.60 Å². The number of likely N-dealkylation sites (tertiary alicyclic amines) is 1. The fraction of sp³-hybridized carbons (Fsp3) is 0.833. The zero-order valence-corrected chi connectivity index (χ0v) is 9.97. The summed E-state index contributed by atoms with van der Waals surface area (Å²) in [5, 5.41) is 0. The van der Waals surface area contributed by atoms with Crippen LogP contribution in [0.25, 0.3) is 0 Å². The van der Waals surface area contributed by atoms with Crippen LogP contribution in [-0.4, -0.2) is 23.1 Å². The topological polar surface area (TPSA) is 12.5 Å². The molecular weight excluding hydrogens is 174 g/mol. The molecule has 0 amide bonds. The van der Waals surface area contributed by atoms with Crippen LogP contribution in [0, 0.1) is 0 Å². The molecule has 1 aliphatic rings. The molecule has 0 bridgehead atoms. The maximum atomic E-state index is 5.78. The van der Waals surface area contributed by atoms with Crippen molar-refractivity contribution in [3.05, 3.63) is 12.5 Å². The second kappa shape index (κ2) is 4.24. The van der Waals surface area contributed by atoms with Crippen LogP contribution in [0.2, 0.25) is 0 Å². The molecule has 1 saturated heterocycles. The molecule has 82 valence electrons. The minimum Gasteiger partial charge on any atom is -0.474 e. The molecule has 0 N–H and O–H groups in total. The quantitative estimate of drug-likeness (QED) is 0.631. The monoisotopic (exact) mass is 197 g/mol. The van der Waals surface area contributed by atoms with Gasteiger partial charge in [-0.05, 0) is 53.5 Å². The highest BCUT2D eigenvalue weighted by Gasteiger charge is 2.23. The molecule has 0 aromatic carbocycles. The van der Waals surface area contributed by atoms with Crippen LogP contribution < -0.4 is 0 Å². The van der Waals surface area contributed by atoms with Crippen LogP contribution in [0.4, 0.5) is 0 Å². The zero-order valence-electron chi connectivity index (χ0n) is 9.97. The highest BCUT2D eigenvalue weighted by atomic mass is 16.5. The van der Waals surface area contributed by atoms with Crippen molar-refractivity contribution < 1.29 is 4.74 Å². The lowest BCUT2D eigenvalue weighted by molar-refractivity contribution is -0.0139. The Morgan fingerprint density at radius 2 is 2.00 bits per heavy atom. The molecular formula is C12H23NO. The van der Waals surface area contributed by atoms with E-state index in [4.69, 9.17) is 4.74 Å². The standard InChI is InChI=1S/C12H23NO/c1-10-8-6-7-9-13(10)11(2)14-12(3,4)5/h10H,2,6-9H2,1,3-5H3. The number of nitrogens with zero attached hydrogens (tertiary/aromatic N) is 1. The van der Waals surface area contributed by atoms with E-state index >= 15 is 0 Å². The minimum atomic E-state index is -0.131. The van der Waals surface area contributed by atoms with Gasteiger partial charge in [0.15, 0.2) is 5.88 Å². The predicted octanol–water partition coefficient (Wildman–Crippen LogP) is 3.15. The molecule has 2 heteroatoms. The third-order valence-electron chi connectivity index (χ3n) is 2.55. The van der Waals surface area contributed by atoms with Crippen molar-refractivity contribution in [2.45, 2.75) is 58.6 Å². The minimum absolute atomic E-state index is 0.131. The molecule has 0 saturated carbocycles. The number of rotatable bonds is 2. The molecule has 0 aromatic rings. The molecule has 0 spiro atoms. The molecule has 14 heavy (non-hydrogen) atoms. The van der Waals surface area contributed by atoms with E-state index in [-0.39, 0.29) is 5.60 Å². The Morgan fingerprint density at radius 1 is 1.36 bits per heavy atom. The summed E-state index contributed by atoms with van der Waals surface area (Å²) in [7, 11) is 0. The van der Waals surface area contributed by atoms with Gasteiger partial charge in [-0.25, -0.2) is 0 Å². The van der Waals surface area contributed by atoms with E-state index in [1.165, 1.54) is 19.3 Å². The Hall–Kier alpha value is -0.660. The van der Waals surface area contributed by atoms with Crippen molar-refractivity contribution in [2.75, 3.05) is 6.54 Å². The summed E-state index contributed by atoms with van der Waals surface area (Å²) in [6.07, 6.45) is 3.85. The van der Waals surface area contributed by atoms with Crippen molar-refractivity contribution in [3.8, 4) is 0 Å². The molecule has 0 aromatic heterocycles. The number of ether oxygens (including phenoxy) is 1. The molecule has 1 atom stereocenters. The van der Waals surface area contributed by atoms with Crippen molar-refractivity contribution in [2.24, 2.45) is 0 Å².